The Morgan fingerprint density at radius 2 is 2.12 bits per heavy atom. The minimum absolute atomic E-state index is 0.0466. The summed E-state index contributed by atoms with van der Waals surface area (Å²) in [7, 11) is -1.85. The molecule has 0 atom stereocenters. The number of nitrogens with one attached hydrogen (secondary N) is 1. The third-order valence-electron chi connectivity index (χ3n) is 2.00. The lowest BCUT2D eigenvalue weighted by molar-refractivity contribution is 0.217. The van der Waals surface area contributed by atoms with Crippen LogP contribution in [0.4, 0.5) is 5.69 Å². The van der Waals surface area contributed by atoms with Crippen LogP contribution in [-0.2, 0) is 14.8 Å². The summed E-state index contributed by atoms with van der Waals surface area (Å²) in [5.74, 6) is -0.0466. The van der Waals surface area contributed by atoms with Crippen molar-refractivity contribution in [2.24, 2.45) is 0 Å². The fraction of sp³-hybridized carbons (Fsp3) is 0.400. The molecule has 6 heteroatoms. The van der Waals surface area contributed by atoms with Crippen LogP contribution < -0.4 is 4.72 Å². The van der Waals surface area contributed by atoms with Crippen LogP contribution in [0.15, 0.2) is 22.7 Å². The van der Waals surface area contributed by atoms with E-state index in [0.29, 0.717) is 5.69 Å². The standard InChI is InChI=1S/C10H14BrNO3S/c1-8-3-4-9(7-10(8)11)12-16(13,14)6-5-15-2/h3-4,7,12H,5-6H2,1-2H3. The molecule has 0 aliphatic rings. The number of aryl methyl sites for hydroxylation is 1. The van der Waals surface area contributed by atoms with Crippen LogP contribution in [0.1, 0.15) is 5.56 Å². The molecule has 0 radical (unpaired) electrons. The molecule has 1 N–H and O–H groups in total. The average Bonchev–Trinajstić information content (AvgIpc) is 2.20. The van der Waals surface area contributed by atoms with E-state index >= 15 is 0 Å². The second-order valence-corrected chi connectivity index (χ2v) is 6.07. The predicted octanol–water partition coefficient (Wildman–Crippen LogP) is 2.15. The van der Waals surface area contributed by atoms with Crippen LogP contribution in [0, 0.1) is 6.92 Å². The van der Waals surface area contributed by atoms with Crippen molar-refractivity contribution >= 4 is 31.6 Å². The maximum atomic E-state index is 11.5. The molecule has 4 nitrogen and oxygen atoms in total. The van der Waals surface area contributed by atoms with Crippen LogP contribution >= 0.6 is 15.9 Å². The van der Waals surface area contributed by atoms with E-state index in [9.17, 15) is 8.42 Å². The number of sulfonamides is 1. The Morgan fingerprint density at radius 1 is 1.44 bits per heavy atom. The third-order valence-corrected chi connectivity index (χ3v) is 4.11. The lowest BCUT2D eigenvalue weighted by Gasteiger charge is -2.08. The van der Waals surface area contributed by atoms with E-state index in [1.54, 1.807) is 12.1 Å². The molecular formula is C10H14BrNO3S. The first-order chi connectivity index (χ1) is 7.44. The van der Waals surface area contributed by atoms with Gasteiger partial charge in [0.1, 0.15) is 0 Å². The van der Waals surface area contributed by atoms with E-state index in [2.05, 4.69) is 20.7 Å². The van der Waals surface area contributed by atoms with Crippen molar-refractivity contribution in [1.29, 1.82) is 0 Å². The first kappa shape index (κ1) is 13.5. The van der Waals surface area contributed by atoms with E-state index in [0.717, 1.165) is 10.0 Å². The maximum absolute atomic E-state index is 11.5. The van der Waals surface area contributed by atoms with Crippen LogP contribution in [0.2, 0.25) is 0 Å². The average molecular weight is 308 g/mol. The Morgan fingerprint density at radius 3 is 2.69 bits per heavy atom. The highest BCUT2D eigenvalue weighted by Gasteiger charge is 2.10. The monoisotopic (exact) mass is 307 g/mol. The molecule has 16 heavy (non-hydrogen) atoms. The Hall–Kier alpha value is -0.590. The second kappa shape index (κ2) is 5.65. The van der Waals surface area contributed by atoms with Gasteiger partial charge in [0.2, 0.25) is 10.0 Å². The highest BCUT2D eigenvalue weighted by atomic mass is 79.9. The van der Waals surface area contributed by atoms with E-state index < -0.39 is 10.0 Å². The highest BCUT2D eigenvalue weighted by Crippen LogP contribution is 2.21. The number of hydrogen-bond acceptors (Lipinski definition) is 3. The van der Waals surface area contributed by atoms with Gasteiger partial charge in [0.25, 0.3) is 0 Å². The zero-order valence-corrected chi connectivity index (χ0v) is 11.6. The summed E-state index contributed by atoms with van der Waals surface area (Å²) in [6, 6.07) is 5.31. The first-order valence-corrected chi connectivity index (χ1v) is 7.15. The van der Waals surface area contributed by atoms with Gasteiger partial charge in [0, 0.05) is 17.3 Å². The van der Waals surface area contributed by atoms with Gasteiger partial charge in [-0.05, 0) is 24.6 Å². The van der Waals surface area contributed by atoms with Crippen molar-refractivity contribution in [3.05, 3.63) is 28.2 Å². The van der Waals surface area contributed by atoms with Crippen LogP contribution in [0.5, 0.6) is 0 Å². The smallest absolute Gasteiger partial charge is 0.234 e. The molecule has 0 saturated carbocycles. The molecule has 0 aliphatic heterocycles. The van der Waals surface area contributed by atoms with E-state index in [1.165, 1.54) is 7.11 Å². The Labute approximate surface area is 104 Å². The molecule has 0 aliphatic carbocycles. The van der Waals surface area contributed by atoms with E-state index in [4.69, 9.17) is 4.74 Å². The molecule has 0 bridgehead atoms. The number of benzene rings is 1. The largest absolute Gasteiger partial charge is 0.384 e. The van der Waals surface area contributed by atoms with Crippen LogP contribution in [-0.4, -0.2) is 27.9 Å². The van der Waals surface area contributed by atoms with Crippen molar-refractivity contribution in [3.8, 4) is 0 Å². The number of halogens is 1. The molecule has 1 aromatic carbocycles. The molecule has 0 unspecified atom stereocenters. The van der Waals surface area contributed by atoms with Gasteiger partial charge in [-0.15, -0.1) is 0 Å². The third kappa shape index (κ3) is 4.11. The number of hydrogen-bond donors (Lipinski definition) is 1. The van der Waals surface area contributed by atoms with Crippen molar-refractivity contribution in [2.75, 3.05) is 24.2 Å². The van der Waals surface area contributed by atoms with Gasteiger partial charge in [-0.1, -0.05) is 22.0 Å². The molecule has 90 valence electrons. The molecule has 0 amide bonds. The summed E-state index contributed by atoms with van der Waals surface area (Å²) in [5, 5.41) is 0. The predicted molar refractivity (Wildman–Crippen MR) is 68.2 cm³/mol. The molecule has 1 aromatic rings. The zero-order chi connectivity index (χ0) is 12.2. The Bertz CT molecular complexity index is 459. The molecule has 0 spiro atoms. The number of methoxy groups -OCH3 is 1. The lowest BCUT2D eigenvalue weighted by Crippen LogP contribution is -2.19. The molecular weight excluding hydrogens is 294 g/mol. The van der Waals surface area contributed by atoms with Gasteiger partial charge >= 0.3 is 0 Å². The fourth-order valence-corrected chi connectivity index (χ4v) is 2.43. The second-order valence-electron chi connectivity index (χ2n) is 3.38. The maximum Gasteiger partial charge on any atom is 0.234 e. The first-order valence-electron chi connectivity index (χ1n) is 4.70. The normalized spacial score (nSPS) is 11.4. The van der Waals surface area contributed by atoms with Crippen LogP contribution in [0.25, 0.3) is 0 Å². The summed E-state index contributed by atoms with van der Waals surface area (Å²) in [6.07, 6.45) is 0. The number of rotatable bonds is 5. The van der Waals surface area contributed by atoms with Gasteiger partial charge in [-0.3, -0.25) is 4.72 Å². The van der Waals surface area contributed by atoms with Crippen molar-refractivity contribution in [2.45, 2.75) is 6.92 Å². The Balaban J connectivity index is 2.76. The molecule has 0 aromatic heterocycles. The van der Waals surface area contributed by atoms with Gasteiger partial charge in [-0.25, -0.2) is 8.42 Å². The van der Waals surface area contributed by atoms with Gasteiger partial charge < -0.3 is 4.74 Å². The molecule has 0 heterocycles. The topological polar surface area (TPSA) is 55.4 Å². The summed E-state index contributed by atoms with van der Waals surface area (Å²) >= 11 is 3.35. The highest BCUT2D eigenvalue weighted by molar-refractivity contribution is 9.10. The zero-order valence-electron chi connectivity index (χ0n) is 9.16. The quantitative estimate of drug-likeness (QED) is 0.907. The van der Waals surface area contributed by atoms with E-state index in [-0.39, 0.29) is 12.4 Å². The minimum Gasteiger partial charge on any atom is -0.384 e. The molecule has 0 fully saturated rings. The lowest BCUT2D eigenvalue weighted by atomic mass is 10.2. The van der Waals surface area contributed by atoms with E-state index in [1.807, 2.05) is 13.0 Å². The molecule has 0 saturated heterocycles. The van der Waals surface area contributed by atoms with Crippen LogP contribution in [0.3, 0.4) is 0 Å². The number of anilines is 1. The summed E-state index contributed by atoms with van der Waals surface area (Å²) in [5.41, 5.74) is 1.61. The fourth-order valence-electron chi connectivity index (χ4n) is 1.08. The number of ether oxygens (including phenoxy) is 1. The van der Waals surface area contributed by atoms with Crippen molar-refractivity contribution in [3.63, 3.8) is 0 Å². The van der Waals surface area contributed by atoms with Gasteiger partial charge in [-0.2, -0.15) is 0 Å². The van der Waals surface area contributed by atoms with Gasteiger partial charge in [0.15, 0.2) is 0 Å². The van der Waals surface area contributed by atoms with Crippen molar-refractivity contribution < 1.29 is 13.2 Å². The summed E-state index contributed by atoms with van der Waals surface area (Å²) in [6.45, 7) is 2.12. The van der Waals surface area contributed by atoms with Gasteiger partial charge in [0.05, 0.1) is 12.4 Å². The SMILES string of the molecule is COCCS(=O)(=O)Nc1ccc(C)c(Br)c1. The Kier molecular flexibility index (Phi) is 4.76. The summed E-state index contributed by atoms with van der Waals surface area (Å²) < 4.78 is 31.2. The molecule has 1 rings (SSSR count). The summed E-state index contributed by atoms with van der Waals surface area (Å²) in [4.78, 5) is 0. The van der Waals surface area contributed by atoms with Crippen molar-refractivity contribution in [1.82, 2.24) is 0 Å². The minimum atomic E-state index is -3.32.